The fourth-order valence-electron chi connectivity index (χ4n) is 4.36. The van der Waals surface area contributed by atoms with Gasteiger partial charge < -0.3 is 9.84 Å². The van der Waals surface area contributed by atoms with E-state index < -0.39 is 11.9 Å². The van der Waals surface area contributed by atoms with E-state index in [9.17, 15) is 9.59 Å². The average molecular weight is 481 g/mol. The summed E-state index contributed by atoms with van der Waals surface area (Å²) in [6.07, 6.45) is 30.7. The largest absolute Gasteiger partial charge is 0.481 e. The molecule has 0 saturated heterocycles. The average Bonchev–Trinajstić information content (AvgIpc) is 2.82. The van der Waals surface area contributed by atoms with Gasteiger partial charge >= 0.3 is 11.9 Å². The Hall–Kier alpha value is -1.32. The lowest BCUT2D eigenvalue weighted by Gasteiger charge is -2.13. The Morgan fingerprint density at radius 3 is 1.53 bits per heavy atom. The summed E-state index contributed by atoms with van der Waals surface area (Å²) in [5.74, 6) is -1.75. The van der Waals surface area contributed by atoms with Crippen LogP contribution in [-0.4, -0.2) is 23.7 Å². The van der Waals surface area contributed by atoms with Gasteiger partial charge in [0.2, 0.25) is 0 Å². The Labute approximate surface area is 211 Å². The van der Waals surface area contributed by atoms with Crippen LogP contribution in [0.25, 0.3) is 0 Å². The van der Waals surface area contributed by atoms with Gasteiger partial charge in [-0.2, -0.15) is 0 Å². The first-order chi connectivity index (χ1) is 16.6. The minimum Gasteiger partial charge on any atom is -0.481 e. The van der Waals surface area contributed by atoms with Crippen molar-refractivity contribution in [3.8, 4) is 0 Å². The van der Waals surface area contributed by atoms with Crippen molar-refractivity contribution in [2.24, 2.45) is 5.92 Å². The number of hydrogen-bond acceptors (Lipinski definition) is 3. The van der Waals surface area contributed by atoms with Gasteiger partial charge in [-0.3, -0.25) is 9.59 Å². The van der Waals surface area contributed by atoms with Crippen molar-refractivity contribution in [3.63, 3.8) is 0 Å². The molecule has 1 N–H and O–H groups in total. The van der Waals surface area contributed by atoms with Crippen molar-refractivity contribution in [2.45, 2.75) is 155 Å². The molecule has 0 heterocycles. The Morgan fingerprint density at radius 2 is 1.09 bits per heavy atom. The normalized spacial score (nSPS) is 12.3. The third kappa shape index (κ3) is 23.8. The molecule has 0 fully saturated rings. The highest BCUT2D eigenvalue weighted by molar-refractivity contribution is 5.79. The van der Waals surface area contributed by atoms with Gasteiger partial charge in [0, 0.05) is 0 Å². The number of aliphatic carboxylic acids is 1. The molecule has 1 unspecified atom stereocenters. The van der Waals surface area contributed by atoms with Crippen LogP contribution in [0.2, 0.25) is 0 Å². The summed E-state index contributed by atoms with van der Waals surface area (Å²) in [6, 6.07) is 0. The molecule has 0 aliphatic carbocycles. The van der Waals surface area contributed by atoms with Gasteiger partial charge in [0.1, 0.15) is 0 Å². The van der Waals surface area contributed by atoms with Crippen molar-refractivity contribution in [2.75, 3.05) is 6.61 Å². The van der Waals surface area contributed by atoms with E-state index in [1.165, 1.54) is 109 Å². The molecule has 0 spiro atoms. The number of rotatable bonds is 26. The lowest BCUT2D eigenvalue weighted by atomic mass is 9.97. The molecule has 0 aromatic rings. The van der Waals surface area contributed by atoms with E-state index in [0.29, 0.717) is 13.0 Å². The highest BCUT2D eigenvalue weighted by Gasteiger charge is 2.22. The second kappa shape index (κ2) is 26.3. The highest BCUT2D eigenvalue weighted by atomic mass is 16.5. The summed E-state index contributed by atoms with van der Waals surface area (Å²) in [4.78, 5) is 23.0. The van der Waals surface area contributed by atoms with Gasteiger partial charge in [0.05, 0.1) is 18.9 Å². The highest BCUT2D eigenvalue weighted by Crippen LogP contribution is 2.18. The zero-order chi connectivity index (χ0) is 25.1. The molecule has 0 aliphatic heterocycles. The smallest absolute Gasteiger partial charge is 0.309 e. The first-order valence-electron chi connectivity index (χ1n) is 14.6. The van der Waals surface area contributed by atoms with E-state index in [1.54, 1.807) is 0 Å². The number of unbranched alkanes of at least 4 members (excludes halogenated alkanes) is 17. The molecule has 0 amide bonds. The van der Waals surface area contributed by atoms with E-state index in [1.807, 2.05) is 6.92 Å². The second-order valence-electron chi connectivity index (χ2n) is 9.96. The molecule has 0 bridgehead atoms. The topological polar surface area (TPSA) is 63.6 Å². The van der Waals surface area contributed by atoms with Crippen molar-refractivity contribution < 1.29 is 19.4 Å². The van der Waals surface area contributed by atoms with E-state index in [4.69, 9.17) is 9.84 Å². The summed E-state index contributed by atoms with van der Waals surface area (Å²) >= 11 is 0. The molecule has 4 heteroatoms. The number of ether oxygens (including phenoxy) is 1. The Kier molecular flexibility index (Phi) is 25.3. The quantitative estimate of drug-likeness (QED) is 0.0760. The Balaban J connectivity index is 3.43. The van der Waals surface area contributed by atoms with Crippen molar-refractivity contribution in [1.82, 2.24) is 0 Å². The molecule has 0 rings (SSSR count). The predicted octanol–water partition coefficient (Wildman–Crippen LogP) is 9.41. The fourth-order valence-corrected chi connectivity index (χ4v) is 4.36. The minimum absolute atomic E-state index is 0.114. The third-order valence-electron chi connectivity index (χ3n) is 6.52. The van der Waals surface area contributed by atoms with E-state index in [0.717, 1.165) is 19.3 Å². The van der Waals surface area contributed by atoms with Crippen LogP contribution in [0.4, 0.5) is 0 Å². The summed E-state index contributed by atoms with van der Waals surface area (Å²) < 4.78 is 5.15. The van der Waals surface area contributed by atoms with Crippen LogP contribution < -0.4 is 0 Å². The monoisotopic (exact) mass is 480 g/mol. The summed E-state index contributed by atoms with van der Waals surface area (Å²) in [5.41, 5.74) is 0. The molecule has 0 aromatic carbocycles. The van der Waals surface area contributed by atoms with Crippen molar-refractivity contribution in [1.29, 1.82) is 0 Å². The molecule has 0 aromatic heterocycles. The summed E-state index contributed by atoms with van der Waals surface area (Å²) in [5, 5.41) is 9.02. The second-order valence-corrected chi connectivity index (χ2v) is 9.96. The van der Waals surface area contributed by atoms with Gasteiger partial charge in [-0.15, -0.1) is 0 Å². The summed E-state index contributed by atoms with van der Waals surface area (Å²) in [6.45, 7) is 4.59. The Bertz CT molecular complexity index is 486. The van der Waals surface area contributed by atoms with Gasteiger partial charge in [0.25, 0.3) is 0 Å². The lowest BCUT2D eigenvalue weighted by Crippen LogP contribution is -2.21. The fraction of sp³-hybridized carbons (Fsp3) is 0.867. The zero-order valence-electron chi connectivity index (χ0n) is 22.7. The number of carboxylic acids is 1. The molecule has 34 heavy (non-hydrogen) atoms. The van der Waals surface area contributed by atoms with Crippen LogP contribution in [0.5, 0.6) is 0 Å². The third-order valence-corrected chi connectivity index (χ3v) is 6.52. The Morgan fingerprint density at radius 1 is 0.647 bits per heavy atom. The number of carbonyl (C=O) groups excluding carboxylic acids is 1. The van der Waals surface area contributed by atoms with Crippen LogP contribution in [0, 0.1) is 5.92 Å². The maximum Gasteiger partial charge on any atom is 0.309 e. The predicted molar refractivity (Wildman–Crippen MR) is 144 cm³/mol. The van der Waals surface area contributed by atoms with Gasteiger partial charge in [-0.25, -0.2) is 0 Å². The van der Waals surface area contributed by atoms with Crippen LogP contribution in [0.3, 0.4) is 0 Å². The molecule has 200 valence electrons. The SMILES string of the molecule is CCCCCCCCC/C=C/CCCCCCCCCCCCC(CC(=O)O)C(=O)OCCC. The van der Waals surface area contributed by atoms with Crippen molar-refractivity contribution in [3.05, 3.63) is 12.2 Å². The van der Waals surface area contributed by atoms with Crippen LogP contribution in [0.15, 0.2) is 12.2 Å². The summed E-state index contributed by atoms with van der Waals surface area (Å²) in [7, 11) is 0. The number of esters is 1. The number of carboxylic acid groups (broad SMARTS) is 1. The molecule has 0 radical (unpaired) electrons. The zero-order valence-corrected chi connectivity index (χ0v) is 22.7. The molecule has 0 aliphatic rings. The van der Waals surface area contributed by atoms with Crippen LogP contribution >= 0.6 is 0 Å². The standard InChI is InChI=1S/C30H56O4/c1-3-5-6-7-8-9-10-11-12-13-14-15-16-17-18-19-20-21-22-23-24-25-28(27-29(31)32)30(33)34-26-4-2/h12-13,28H,3-11,14-27H2,1-2H3,(H,31,32)/b13-12+. The number of carbonyl (C=O) groups is 2. The molecular weight excluding hydrogens is 424 g/mol. The van der Waals surface area contributed by atoms with Gasteiger partial charge in [-0.1, -0.05) is 122 Å². The first kappa shape index (κ1) is 32.7. The van der Waals surface area contributed by atoms with Crippen molar-refractivity contribution >= 4 is 11.9 Å². The first-order valence-corrected chi connectivity index (χ1v) is 14.6. The molecular formula is C30H56O4. The molecule has 4 nitrogen and oxygen atoms in total. The van der Waals surface area contributed by atoms with Crippen LogP contribution in [-0.2, 0) is 14.3 Å². The molecule has 0 saturated carbocycles. The lowest BCUT2D eigenvalue weighted by molar-refractivity contribution is -0.153. The van der Waals surface area contributed by atoms with E-state index in [-0.39, 0.29) is 12.4 Å². The maximum absolute atomic E-state index is 12.0. The van der Waals surface area contributed by atoms with E-state index >= 15 is 0 Å². The number of allylic oxidation sites excluding steroid dienone is 2. The van der Waals surface area contributed by atoms with Crippen LogP contribution in [0.1, 0.15) is 155 Å². The molecule has 1 atom stereocenters. The number of hydrogen-bond donors (Lipinski definition) is 1. The maximum atomic E-state index is 12.0. The van der Waals surface area contributed by atoms with Gasteiger partial charge in [0.15, 0.2) is 0 Å². The minimum atomic E-state index is -0.919. The van der Waals surface area contributed by atoms with E-state index in [2.05, 4.69) is 19.1 Å². The van der Waals surface area contributed by atoms with Gasteiger partial charge in [-0.05, 0) is 38.5 Å².